The van der Waals surface area contributed by atoms with Gasteiger partial charge in [0.05, 0.1) is 11.3 Å². The quantitative estimate of drug-likeness (QED) is 0.466. The zero-order valence-corrected chi connectivity index (χ0v) is 10.0. The summed E-state index contributed by atoms with van der Waals surface area (Å²) in [5, 5.41) is 0. The Morgan fingerprint density at radius 1 is 1.14 bits per heavy atom. The highest BCUT2D eigenvalue weighted by Gasteiger charge is 2.00. The van der Waals surface area contributed by atoms with Crippen molar-refractivity contribution in [2.24, 2.45) is 7.05 Å². The van der Waals surface area contributed by atoms with E-state index < -0.39 is 0 Å². The zero-order valence-electron chi connectivity index (χ0n) is 7.89. The van der Waals surface area contributed by atoms with Crippen molar-refractivity contribution >= 4 is 0 Å². The summed E-state index contributed by atoms with van der Waals surface area (Å²) >= 11 is 0. The van der Waals surface area contributed by atoms with E-state index in [1.165, 1.54) is 0 Å². The van der Waals surface area contributed by atoms with Crippen LogP contribution >= 0.6 is 0 Å². The maximum absolute atomic E-state index is 4.28. The lowest BCUT2D eigenvalue weighted by Gasteiger charge is -1.96. The summed E-state index contributed by atoms with van der Waals surface area (Å²) in [6, 6.07) is 10.0. The molecule has 0 N–H and O–H groups in total. The highest BCUT2D eigenvalue weighted by molar-refractivity contribution is 5.55. The molecule has 0 amide bonds. The van der Waals surface area contributed by atoms with Gasteiger partial charge in [-0.05, 0) is 18.2 Å². The Hall–Kier alpha value is -0.970. The first-order chi connectivity index (χ1) is 6.36. The zero-order chi connectivity index (χ0) is 9.10. The van der Waals surface area contributed by atoms with E-state index in [4.69, 9.17) is 0 Å². The van der Waals surface area contributed by atoms with Gasteiger partial charge < -0.3 is 24.0 Å². The highest BCUT2D eigenvalue weighted by atomic mass is 127. The summed E-state index contributed by atoms with van der Waals surface area (Å²) in [5.74, 6) is 0. The Bertz CT molecular complexity index is 401. The van der Waals surface area contributed by atoms with E-state index in [1.807, 2.05) is 48.3 Å². The second-order valence-electron chi connectivity index (χ2n) is 2.97. The van der Waals surface area contributed by atoms with Crippen molar-refractivity contribution in [2.75, 3.05) is 0 Å². The van der Waals surface area contributed by atoms with Gasteiger partial charge in [-0.2, -0.15) is 0 Å². The first-order valence-electron chi connectivity index (χ1n) is 4.23. The van der Waals surface area contributed by atoms with Crippen molar-refractivity contribution in [1.29, 1.82) is 0 Å². The molecule has 0 saturated carbocycles. The third-order valence-corrected chi connectivity index (χ3v) is 1.90. The Balaban J connectivity index is 0.000000980. The van der Waals surface area contributed by atoms with Crippen LogP contribution in [0.2, 0.25) is 0 Å². The lowest BCUT2D eigenvalue weighted by Crippen LogP contribution is -3.00. The molecule has 2 aromatic rings. The van der Waals surface area contributed by atoms with E-state index in [0.717, 1.165) is 11.3 Å². The van der Waals surface area contributed by atoms with Crippen LogP contribution in [-0.4, -0.2) is 4.98 Å². The Morgan fingerprint density at radius 3 is 2.64 bits per heavy atom. The first kappa shape index (κ1) is 11.1. The maximum atomic E-state index is 4.28. The predicted octanol–water partition coefficient (Wildman–Crippen LogP) is -1.42. The van der Waals surface area contributed by atoms with Gasteiger partial charge in [0.1, 0.15) is 7.05 Å². The minimum Gasteiger partial charge on any atom is -1.00 e. The molecule has 0 spiro atoms. The van der Waals surface area contributed by atoms with Gasteiger partial charge in [0.25, 0.3) is 0 Å². The lowest BCUT2D eigenvalue weighted by atomic mass is 10.2. The first-order valence-corrected chi connectivity index (χ1v) is 4.23. The van der Waals surface area contributed by atoms with Crippen molar-refractivity contribution in [3.63, 3.8) is 0 Å². The Labute approximate surface area is 101 Å². The van der Waals surface area contributed by atoms with Gasteiger partial charge in [0.2, 0.25) is 0 Å². The molecule has 3 heteroatoms. The molecular formula is C11H11IN2. The second-order valence-corrected chi connectivity index (χ2v) is 2.97. The van der Waals surface area contributed by atoms with Crippen LogP contribution in [0.15, 0.2) is 48.9 Å². The van der Waals surface area contributed by atoms with Crippen LogP contribution in [0, 0.1) is 0 Å². The minimum absolute atomic E-state index is 0. The molecule has 2 aromatic heterocycles. The van der Waals surface area contributed by atoms with E-state index in [2.05, 4.69) is 17.2 Å². The van der Waals surface area contributed by atoms with Gasteiger partial charge >= 0.3 is 0 Å². The van der Waals surface area contributed by atoms with Crippen LogP contribution in [0.4, 0.5) is 0 Å². The molecule has 14 heavy (non-hydrogen) atoms. The summed E-state index contributed by atoms with van der Waals surface area (Å²) in [5.41, 5.74) is 2.16. The number of pyridine rings is 2. The number of hydrogen-bond donors (Lipinski definition) is 0. The second kappa shape index (κ2) is 5.05. The van der Waals surface area contributed by atoms with Crippen LogP contribution in [0.5, 0.6) is 0 Å². The lowest BCUT2D eigenvalue weighted by molar-refractivity contribution is -0.671. The molecule has 0 aliphatic rings. The molecule has 0 atom stereocenters. The minimum atomic E-state index is 0. The molecule has 0 fully saturated rings. The van der Waals surface area contributed by atoms with Gasteiger partial charge in [-0.15, -0.1) is 0 Å². The fraction of sp³-hybridized carbons (Fsp3) is 0.0909. The van der Waals surface area contributed by atoms with Gasteiger partial charge in [0, 0.05) is 12.3 Å². The summed E-state index contributed by atoms with van der Waals surface area (Å²) in [6.07, 6.45) is 5.87. The van der Waals surface area contributed by atoms with E-state index in [9.17, 15) is 0 Å². The summed E-state index contributed by atoms with van der Waals surface area (Å²) in [6.45, 7) is 0. The van der Waals surface area contributed by atoms with Crippen molar-refractivity contribution < 1.29 is 28.5 Å². The smallest absolute Gasteiger partial charge is 0.177 e. The maximum Gasteiger partial charge on any atom is 0.177 e. The van der Waals surface area contributed by atoms with Crippen LogP contribution in [-0.2, 0) is 7.05 Å². The molecule has 0 aromatic carbocycles. The number of halogens is 1. The standard InChI is InChI=1S/C11H11N2.HI/c1-13-8-4-5-10(9-13)11-6-2-3-7-12-11;/h2-9H,1H3;1H/q+1;/p-1. The molecule has 0 aliphatic heterocycles. The molecule has 0 unspecified atom stereocenters. The van der Waals surface area contributed by atoms with Gasteiger partial charge in [-0.25, -0.2) is 4.57 Å². The average Bonchev–Trinajstić information content (AvgIpc) is 2.19. The van der Waals surface area contributed by atoms with Crippen molar-refractivity contribution in [3.05, 3.63) is 48.9 Å². The largest absolute Gasteiger partial charge is 1.00 e. The van der Waals surface area contributed by atoms with E-state index in [-0.39, 0.29) is 24.0 Å². The van der Waals surface area contributed by atoms with Gasteiger partial charge in [-0.1, -0.05) is 6.07 Å². The number of aromatic nitrogens is 2. The normalized spacial score (nSPS) is 9.21. The fourth-order valence-electron chi connectivity index (χ4n) is 1.27. The molecule has 0 radical (unpaired) electrons. The van der Waals surface area contributed by atoms with Crippen molar-refractivity contribution in [1.82, 2.24) is 4.98 Å². The predicted molar refractivity (Wildman–Crippen MR) is 50.8 cm³/mol. The monoisotopic (exact) mass is 298 g/mol. The number of rotatable bonds is 1. The molecule has 2 rings (SSSR count). The third kappa shape index (κ3) is 2.51. The summed E-state index contributed by atoms with van der Waals surface area (Å²) < 4.78 is 2.02. The Morgan fingerprint density at radius 2 is 2.00 bits per heavy atom. The number of nitrogens with zero attached hydrogens (tertiary/aromatic N) is 2. The van der Waals surface area contributed by atoms with Crippen LogP contribution in [0.3, 0.4) is 0 Å². The number of hydrogen-bond acceptors (Lipinski definition) is 1. The molecule has 0 aliphatic carbocycles. The summed E-state index contributed by atoms with van der Waals surface area (Å²) in [7, 11) is 2.01. The molecular weight excluding hydrogens is 287 g/mol. The van der Waals surface area contributed by atoms with E-state index >= 15 is 0 Å². The van der Waals surface area contributed by atoms with Crippen molar-refractivity contribution in [3.8, 4) is 11.3 Å². The van der Waals surface area contributed by atoms with Gasteiger partial charge in [0.15, 0.2) is 12.4 Å². The Kier molecular flexibility index (Phi) is 4.00. The molecule has 0 bridgehead atoms. The average molecular weight is 298 g/mol. The van der Waals surface area contributed by atoms with Crippen LogP contribution < -0.4 is 28.5 Å². The number of aryl methyl sites for hydroxylation is 1. The van der Waals surface area contributed by atoms with Crippen LogP contribution in [0.25, 0.3) is 11.3 Å². The highest BCUT2D eigenvalue weighted by Crippen LogP contribution is 2.12. The van der Waals surface area contributed by atoms with Crippen molar-refractivity contribution in [2.45, 2.75) is 0 Å². The van der Waals surface area contributed by atoms with E-state index in [0.29, 0.717) is 0 Å². The topological polar surface area (TPSA) is 16.8 Å². The molecule has 2 heterocycles. The fourth-order valence-corrected chi connectivity index (χ4v) is 1.27. The summed E-state index contributed by atoms with van der Waals surface area (Å²) in [4.78, 5) is 4.28. The molecule has 2 nitrogen and oxygen atoms in total. The SMILES string of the molecule is C[n+]1cccc(-c2ccccn2)c1.[I-]. The third-order valence-electron chi connectivity index (χ3n) is 1.90. The van der Waals surface area contributed by atoms with Crippen LogP contribution in [0.1, 0.15) is 0 Å². The van der Waals surface area contributed by atoms with Gasteiger partial charge in [-0.3, -0.25) is 4.98 Å². The molecule has 0 saturated heterocycles. The molecule has 72 valence electrons. The van der Waals surface area contributed by atoms with E-state index in [1.54, 1.807) is 0 Å².